The number of rotatable bonds is 4. The van der Waals surface area contributed by atoms with Crippen molar-refractivity contribution in [3.8, 4) is 6.07 Å². The molecule has 0 bridgehead atoms. The van der Waals surface area contributed by atoms with Crippen molar-refractivity contribution in [3.63, 3.8) is 0 Å². The molecule has 1 aliphatic rings. The fourth-order valence-electron chi connectivity index (χ4n) is 3.65. The molecule has 4 rings (SSSR count). The van der Waals surface area contributed by atoms with E-state index in [4.69, 9.17) is 5.26 Å². The molecule has 2 heterocycles. The van der Waals surface area contributed by atoms with Crippen molar-refractivity contribution < 1.29 is 9.18 Å². The summed E-state index contributed by atoms with van der Waals surface area (Å²) in [5.41, 5.74) is 3.15. The minimum absolute atomic E-state index is 0. The zero-order chi connectivity index (χ0) is 19.5. The highest BCUT2D eigenvalue weighted by Gasteiger charge is 2.22. The molecular formula is C22H22ClFN4O. The summed E-state index contributed by atoms with van der Waals surface area (Å²) in [7, 11) is 0. The molecule has 7 heteroatoms. The van der Waals surface area contributed by atoms with Crippen molar-refractivity contribution >= 4 is 29.2 Å². The minimum Gasteiger partial charge on any atom is -0.360 e. The number of hydrogen-bond donors (Lipinski definition) is 1. The second-order valence-corrected chi connectivity index (χ2v) is 7.08. The van der Waals surface area contributed by atoms with Crippen LogP contribution < -0.4 is 0 Å². The maximum absolute atomic E-state index is 13.0. The van der Waals surface area contributed by atoms with Gasteiger partial charge in [0.25, 0.3) is 5.91 Å². The van der Waals surface area contributed by atoms with Crippen molar-refractivity contribution in [2.45, 2.75) is 6.42 Å². The van der Waals surface area contributed by atoms with Crippen molar-refractivity contribution in [2.24, 2.45) is 0 Å². The van der Waals surface area contributed by atoms with Crippen LogP contribution in [0.25, 0.3) is 10.9 Å². The molecule has 0 saturated carbocycles. The van der Waals surface area contributed by atoms with Crippen molar-refractivity contribution in [1.29, 1.82) is 5.26 Å². The second-order valence-electron chi connectivity index (χ2n) is 7.08. The number of benzene rings is 2. The first-order valence-electron chi connectivity index (χ1n) is 9.41. The molecule has 1 aromatic heterocycles. The normalized spacial score (nSPS) is 14.4. The van der Waals surface area contributed by atoms with E-state index in [-0.39, 0.29) is 24.1 Å². The standard InChI is InChI=1S/C22H21FN4O.ClH/c23-19-4-1-16(2-5-19)7-8-26-9-11-27(12-10-26)22(28)17-3-6-20-18(14-24)15-25-21(20)13-17;/h1-6,13,15,25H,7-12H2;1H. The zero-order valence-corrected chi connectivity index (χ0v) is 16.7. The fourth-order valence-corrected chi connectivity index (χ4v) is 3.65. The topological polar surface area (TPSA) is 63.1 Å². The highest BCUT2D eigenvalue weighted by atomic mass is 35.5. The van der Waals surface area contributed by atoms with Crippen LogP contribution in [0.15, 0.2) is 48.7 Å². The number of nitrogens with one attached hydrogen (secondary N) is 1. The number of nitrogens with zero attached hydrogens (tertiary/aromatic N) is 3. The van der Waals surface area contributed by atoms with Crippen LogP contribution in [0, 0.1) is 17.1 Å². The zero-order valence-electron chi connectivity index (χ0n) is 15.9. The van der Waals surface area contributed by atoms with Crippen molar-refractivity contribution in [2.75, 3.05) is 32.7 Å². The van der Waals surface area contributed by atoms with Crippen LogP contribution in [0.4, 0.5) is 4.39 Å². The van der Waals surface area contributed by atoms with Crippen molar-refractivity contribution in [3.05, 3.63) is 71.2 Å². The van der Waals surface area contributed by atoms with Gasteiger partial charge in [-0.3, -0.25) is 9.69 Å². The molecule has 3 aromatic rings. The van der Waals surface area contributed by atoms with Crippen LogP contribution in [0.5, 0.6) is 0 Å². The van der Waals surface area contributed by atoms with Crippen LogP contribution in [0.2, 0.25) is 0 Å². The predicted molar refractivity (Wildman–Crippen MR) is 113 cm³/mol. The number of H-pyrrole nitrogens is 1. The Labute approximate surface area is 175 Å². The van der Waals surface area contributed by atoms with Gasteiger partial charge in [-0.15, -0.1) is 12.4 Å². The maximum Gasteiger partial charge on any atom is 0.254 e. The molecule has 0 radical (unpaired) electrons. The van der Waals surface area contributed by atoms with Gasteiger partial charge in [-0.25, -0.2) is 4.39 Å². The Hall–Kier alpha value is -2.88. The van der Waals surface area contributed by atoms with E-state index in [1.807, 2.05) is 29.2 Å². The molecule has 1 N–H and O–H groups in total. The number of hydrogen-bond acceptors (Lipinski definition) is 3. The second kappa shape index (κ2) is 9.08. The Morgan fingerprint density at radius 3 is 2.52 bits per heavy atom. The van der Waals surface area contributed by atoms with E-state index >= 15 is 0 Å². The lowest BCUT2D eigenvalue weighted by atomic mass is 10.1. The van der Waals surface area contributed by atoms with Gasteiger partial charge in [0, 0.05) is 55.4 Å². The molecule has 5 nitrogen and oxygen atoms in total. The number of piperazine rings is 1. The third kappa shape index (κ3) is 4.58. The molecule has 0 spiro atoms. The van der Waals surface area contributed by atoms with Gasteiger partial charge in [0.2, 0.25) is 0 Å². The van der Waals surface area contributed by atoms with Gasteiger partial charge in [-0.2, -0.15) is 5.26 Å². The first-order valence-corrected chi connectivity index (χ1v) is 9.41. The molecule has 1 aliphatic heterocycles. The fraction of sp³-hybridized carbons (Fsp3) is 0.273. The van der Waals surface area contributed by atoms with Crippen LogP contribution in [-0.4, -0.2) is 53.4 Å². The van der Waals surface area contributed by atoms with E-state index in [0.717, 1.165) is 42.5 Å². The monoisotopic (exact) mass is 412 g/mol. The number of nitriles is 1. The number of aromatic amines is 1. The summed E-state index contributed by atoms with van der Waals surface area (Å²) in [5, 5.41) is 9.93. The quantitative estimate of drug-likeness (QED) is 0.712. The summed E-state index contributed by atoms with van der Waals surface area (Å²) >= 11 is 0. The molecule has 2 aromatic carbocycles. The van der Waals surface area contributed by atoms with Gasteiger partial charge in [0.05, 0.1) is 5.56 Å². The van der Waals surface area contributed by atoms with Gasteiger partial charge in [0.1, 0.15) is 11.9 Å². The summed E-state index contributed by atoms with van der Waals surface area (Å²) < 4.78 is 13.0. The molecule has 29 heavy (non-hydrogen) atoms. The lowest BCUT2D eigenvalue weighted by molar-refractivity contribution is 0.0638. The Kier molecular flexibility index (Phi) is 6.53. The van der Waals surface area contributed by atoms with Crippen LogP contribution >= 0.6 is 12.4 Å². The molecule has 1 saturated heterocycles. The van der Waals surface area contributed by atoms with Crippen molar-refractivity contribution in [1.82, 2.24) is 14.8 Å². The lowest BCUT2D eigenvalue weighted by Gasteiger charge is -2.34. The molecular weight excluding hydrogens is 391 g/mol. The van der Waals surface area contributed by atoms with E-state index in [1.54, 1.807) is 12.3 Å². The third-order valence-corrected chi connectivity index (χ3v) is 5.34. The Bertz CT molecular complexity index is 1030. The number of carbonyl (C=O) groups is 1. The summed E-state index contributed by atoms with van der Waals surface area (Å²) in [6, 6.07) is 14.2. The smallest absolute Gasteiger partial charge is 0.254 e. The molecule has 0 aliphatic carbocycles. The Morgan fingerprint density at radius 1 is 1.10 bits per heavy atom. The predicted octanol–water partition coefficient (Wildman–Crippen LogP) is 3.60. The van der Waals surface area contributed by atoms with E-state index in [9.17, 15) is 9.18 Å². The highest BCUT2D eigenvalue weighted by molar-refractivity contribution is 5.99. The van der Waals surface area contributed by atoms with Gasteiger partial charge < -0.3 is 9.88 Å². The highest BCUT2D eigenvalue weighted by Crippen LogP contribution is 2.20. The summed E-state index contributed by atoms with van der Waals surface area (Å²) in [5.74, 6) is -0.189. The molecule has 1 amide bonds. The average molecular weight is 413 g/mol. The summed E-state index contributed by atoms with van der Waals surface area (Å²) in [4.78, 5) is 20.1. The molecule has 0 atom stereocenters. The van der Waals surface area contributed by atoms with Gasteiger partial charge in [-0.1, -0.05) is 18.2 Å². The van der Waals surface area contributed by atoms with Gasteiger partial charge in [0.15, 0.2) is 0 Å². The first-order chi connectivity index (χ1) is 13.6. The molecule has 1 fully saturated rings. The van der Waals surface area contributed by atoms with Crippen LogP contribution in [0.3, 0.4) is 0 Å². The Morgan fingerprint density at radius 2 is 1.83 bits per heavy atom. The number of carbonyl (C=O) groups excluding carboxylic acids is 1. The lowest BCUT2D eigenvalue weighted by Crippen LogP contribution is -2.49. The van der Waals surface area contributed by atoms with E-state index in [0.29, 0.717) is 24.2 Å². The van der Waals surface area contributed by atoms with E-state index in [1.165, 1.54) is 12.1 Å². The first kappa shape index (κ1) is 20.8. The average Bonchev–Trinajstić information content (AvgIpc) is 3.15. The minimum atomic E-state index is -0.211. The van der Waals surface area contributed by atoms with E-state index < -0.39 is 0 Å². The van der Waals surface area contributed by atoms with Crippen LogP contribution in [-0.2, 0) is 6.42 Å². The largest absolute Gasteiger partial charge is 0.360 e. The number of aromatic nitrogens is 1. The number of amides is 1. The number of halogens is 2. The number of fused-ring (bicyclic) bond motifs is 1. The maximum atomic E-state index is 13.0. The summed E-state index contributed by atoms with van der Waals surface area (Å²) in [6.07, 6.45) is 2.54. The summed E-state index contributed by atoms with van der Waals surface area (Å²) in [6.45, 7) is 3.94. The SMILES string of the molecule is Cl.N#Cc1c[nH]c2cc(C(=O)N3CCN(CCc4ccc(F)cc4)CC3)ccc12. The van der Waals surface area contributed by atoms with Gasteiger partial charge in [-0.05, 0) is 36.2 Å². The van der Waals surface area contributed by atoms with Crippen LogP contribution in [0.1, 0.15) is 21.5 Å². The van der Waals surface area contributed by atoms with E-state index in [2.05, 4.69) is 16.0 Å². The third-order valence-electron chi connectivity index (χ3n) is 5.34. The van der Waals surface area contributed by atoms with Gasteiger partial charge >= 0.3 is 0 Å². The molecule has 0 unspecified atom stereocenters. The molecule has 150 valence electrons. The Balaban J connectivity index is 0.00000240.